The Kier molecular flexibility index (Phi) is 6.83. The number of nitrogens with one attached hydrogen (secondary N) is 1. The summed E-state index contributed by atoms with van der Waals surface area (Å²) in [5.41, 5.74) is 14.1. The number of dihydropyridines is 1. The van der Waals surface area contributed by atoms with Gasteiger partial charge >= 0.3 is 0 Å². The second kappa shape index (κ2) is 11.1. The van der Waals surface area contributed by atoms with Crippen LogP contribution in [0.4, 0.5) is 0 Å². The van der Waals surface area contributed by atoms with E-state index in [0.29, 0.717) is 11.8 Å². The van der Waals surface area contributed by atoms with E-state index in [0.717, 1.165) is 32.2 Å². The van der Waals surface area contributed by atoms with E-state index >= 15 is 0 Å². The second-order valence-corrected chi connectivity index (χ2v) is 12.9. The SMILES string of the molecule is CC1=CCNC(C2=CC=C(C3=c4ccccc4=C(c4cccc5c(C6=CC=C(C)CC6)cccc45)C4C=CC=CC34)CC2)=C1. The summed E-state index contributed by atoms with van der Waals surface area (Å²) in [6, 6.07) is 23.1. The molecule has 1 nitrogen and oxygen atoms in total. The molecule has 0 fully saturated rings. The number of benzene rings is 3. The molecule has 0 amide bonds. The predicted molar refractivity (Wildman–Crippen MR) is 187 cm³/mol. The molecule has 5 aliphatic rings. The Labute approximate surface area is 261 Å². The van der Waals surface area contributed by atoms with E-state index in [1.807, 2.05) is 0 Å². The van der Waals surface area contributed by atoms with Gasteiger partial charge in [0.2, 0.25) is 0 Å². The van der Waals surface area contributed by atoms with Gasteiger partial charge in [0.1, 0.15) is 0 Å². The van der Waals surface area contributed by atoms with E-state index in [2.05, 4.69) is 141 Å². The van der Waals surface area contributed by atoms with Gasteiger partial charge in [0.05, 0.1) is 0 Å². The zero-order valence-electron chi connectivity index (χ0n) is 25.7. The van der Waals surface area contributed by atoms with Crippen LogP contribution in [0.1, 0.15) is 50.7 Å². The van der Waals surface area contributed by atoms with Crippen molar-refractivity contribution in [2.45, 2.75) is 39.5 Å². The van der Waals surface area contributed by atoms with Crippen LogP contribution in [0.5, 0.6) is 0 Å². The third-order valence-electron chi connectivity index (χ3n) is 10.2. The molecule has 44 heavy (non-hydrogen) atoms. The van der Waals surface area contributed by atoms with E-state index in [4.69, 9.17) is 0 Å². The van der Waals surface area contributed by atoms with Gasteiger partial charge in [0.15, 0.2) is 0 Å². The summed E-state index contributed by atoms with van der Waals surface area (Å²) in [5.74, 6) is 0.608. The van der Waals surface area contributed by atoms with Crippen molar-refractivity contribution in [2.75, 3.05) is 6.54 Å². The maximum atomic E-state index is 3.59. The number of fused-ring (bicyclic) bond motifs is 3. The van der Waals surface area contributed by atoms with Gasteiger partial charge in [-0.15, -0.1) is 0 Å². The molecule has 8 rings (SSSR count). The van der Waals surface area contributed by atoms with E-state index in [9.17, 15) is 0 Å². The molecular formula is C43H39N. The third kappa shape index (κ3) is 4.63. The van der Waals surface area contributed by atoms with E-state index in [1.54, 1.807) is 0 Å². The Morgan fingerprint density at radius 3 is 1.93 bits per heavy atom. The van der Waals surface area contributed by atoms with Gasteiger partial charge in [-0.25, -0.2) is 0 Å². The molecule has 1 heterocycles. The molecule has 2 unspecified atom stereocenters. The Bertz CT molecular complexity index is 2080. The lowest BCUT2D eigenvalue weighted by molar-refractivity contribution is 0.679. The number of hydrogen-bond donors (Lipinski definition) is 1. The van der Waals surface area contributed by atoms with Crippen molar-refractivity contribution in [2.24, 2.45) is 11.8 Å². The highest BCUT2D eigenvalue weighted by Crippen LogP contribution is 2.44. The molecule has 0 radical (unpaired) electrons. The lowest BCUT2D eigenvalue weighted by atomic mass is 9.68. The monoisotopic (exact) mass is 569 g/mol. The first kappa shape index (κ1) is 27.0. The quantitative estimate of drug-likeness (QED) is 0.331. The molecule has 0 saturated heterocycles. The fourth-order valence-electron chi connectivity index (χ4n) is 7.92. The Balaban J connectivity index is 1.34. The van der Waals surface area contributed by atoms with Gasteiger partial charge < -0.3 is 5.32 Å². The van der Waals surface area contributed by atoms with Gasteiger partial charge in [0.25, 0.3) is 0 Å². The highest BCUT2D eigenvalue weighted by atomic mass is 14.9. The maximum Gasteiger partial charge on any atom is 0.0377 e. The lowest BCUT2D eigenvalue weighted by Gasteiger charge is -2.35. The first-order valence-electron chi connectivity index (χ1n) is 16.3. The highest BCUT2D eigenvalue weighted by molar-refractivity contribution is 6.01. The number of hydrogen-bond acceptors (Lipinski definition) is 1. The fraction of sp³-hybridized carbons (Fsp3) is 0.209. The van der Waals surface area contributed by atoms with Crippen LogP contribution >= 0.6 is 0 Å². The minimum absolute atomic E-state index is 0.292. The molecule has 3 aromatic rings. The average molecular weight is 570 g/mol. The minimum atomic E-state index is 0.292. The molecule has 1 N–H and O–H groups in total. The average Bonchev–Trinajstić information content (AvgIpc) is 3.07. The first-order valence-corrected chi connectivity index (χ1v) is 16.3. The predicted octanol–water partition coefficient (Wildman–Crippen LogP) is 8.77. The van der Waals surface area contributed by atoms with Crippen LogP contribution in [0.15, 0.2) is 149 Å². The molecule has 4 aliphatic carbocycles. The second-order valence-electron chi connectivity index (χ2n) is 12.9. The summed E-state index contributed by atoms with van der Waals surface area (Å²) in [4.78, 5) is 0. The Hall–Kier alpha value is -4.62. The molecular weight excluding hydrogens is 530 g/mol. The van der Waals surface area contributed by atoms with Crippen LogP contribution in [-0.4, -0.2) is 6.54 Å². The van der Waals surface area contributed by atoms with Crippen LogP contribution in [-0.2, 0) is 0 Å². The van der Waals surface area contributed by atoms with E-state index in [-0.39, 0.29) is 0 Å². The van der Waals surface area contributed by atoms with Crippen molar-refractivity contribution < 1.29 is 0 Å². The molecule has 1 heteroatoms. The van der Waals surface area contributed by atoms with Crippen molar-refractivity contribution >= 4 is 27.5 Å². The highest BCUT2D eigenvalue weighted by Gasteiger charge is 2.33. The summed E-state index contributed by atoms with van der Waals surface area (Å²) in [7, 11) is 0. The van der Waals surface area contributed by atoms with Gasteiger partial charge in [-0.05, 0) is 106 Å². The summed E-state index contributed by atoms with van der Waals surface area (Å²) >= 11 is 0. The number of rotatable bonds is 4. The Morgan fingerprint density at radius 1 is 0.591 bits per heavy atom. The molecule has 0 spiro atoms. The van der Waals surface area contributed by atoms with Gasteiger partial charge in [-0.2, -0.15) is 0 Å². The standard InChI is InChI=1S/C43H39N/c1-28-17-19-30(20-18-28)33-13-7-15-35-34(33)14-8-16-36(35)43-39-11-5-3-9-37(39)42(38-10-4-6-12-40(38)43)32-23-21-31(22-24-32)41-27-29(2)25-26-44-41/h3-17,19,21,23,25,27,37,39,44H,18,20,22,24,26H2,1-2H3. The van der Waals surface area contributed by atoms with Crippen LogP contribution in [0.3, 0.4) is 0 Å². The van der Waals surface area contributed by atoms with Crippen molar-refractivity contribution in [1.82, 2.24) is 5.32 Å². The largest absolute Gasteiger partial charge is 0.381 e. The molecule has 216 valence electrons. The lowest BCUT2D eigenvalue weighted by Crippen LogP contribution is -2.40. The zero-order chi connectivity index (χ0) is 29.6. The number of allylic oxidation sites excluding steroid dienone is 14. The molecule has 0 bridgehead atoms. The summed E-state index contributed by atoms with van der Waals surface area (Å²) in [6.07, 6.45) is 27.8. The van der Waals surface area contributed by atoms with E-state index in [1.165, 1.54) is 77.0 Å². The normalized spacial score (nSPS) is 22.6. The van der Waals surface area contributed by atoms with Crippen LogP contribution in [0.2, 0.25) is 0 Å². The van der Waals surface area contributed by atoms with Crippen molar-refractivity contribution in [3.8, 4) is 0 Å². The molecule has 3 aromatic carbocycles. The van der Waals surface area contributed by atoms with Crippen LogP contribution in [0, 0.1) is 11.8 Å². The molecule has 1 aliphatic heterocycles. The van der Waals surface area contributed by atoms with Crippen molar-refractivity contribution in [1.29, 1.82) is 0 Å². The summed E-state index contributed by atoms with van der Waals surface area (Å²) < 4.78 is 0. The van der Waals surface area contributed by atoms with Crippen LogP contribution < -0.4 is 15.8 Å². The molecule has 0 aromatic heterocycles. The summed E-state index contributed by atoms with van der Waals surface area (Å²) in [5, 5.41) is 9.08. The topological polar surface area (TPSA) is 12.0 Å². The fourth-order valence-corrected chi connectivity index (χ4v) is 7.92. The maximum absolute atomic E-state index is 3.59. The Morgan fingerprint density at radius 2 is 1.23 bits per heavy atom. The van der Waals surface area contributed by atoms with Gasteiger partial charge in [-0.3, -0.25) is 0 Å². The van der Waals surface area contributed by atoms with Crippen LogP contribution in [0.25, 0.3) is 27.5 Å². The first-order chi connectivity index (χ1) is 21.7. The van der Waals surface area contributed by atoms with Gasteiger partial charge in [0, 0.05) is 24.1 Å². The molecule has 2 atom stereocenters. The van der Waals surface area contributed by atoms with E-state index < -0.39 is 0 Å². The van der Waals surface area contributed by atoms with Crippen molar-refractivity contribution in [3.63, 3.8) is 0 Å². The smallest absolute Gasteiger partial charge is 0.0377 e. The zero-order valence-corrected chi connectivity index (χ0v) is 25.7. The summed E-state index contributed by atoms with van der Waals surface area (Å²) in [6.45, 7) is 5.35. The van der Waals surface area contributed by atoms with Gasteiger partial charge in [-0.1, -0.05) is 126 Å². The molecule has 0 saturated carbocycles. The third-order valence-corrected chi connectivity index (χ3v) is 10.2. The van der Waals surface area contributed by atoms with Crippen molar-refractivity contribution in [3.05, 3.63) is 171 Å². The minimum Gasteiger partial charge on any atom is -0.381 e.